The third kappa shape index (κ3) is 4.64. The Morgan fingerprint density at radius 3 is 2.56 bits per heavy atom. The second-order valence-electron chi connectivity index (χ2n) is 5.06. The Balaban J connectivity index is 2.23. The Labute approximate surface area is 100 Å². The van der Waals surface area contributed by atoms with E-state index in [0.29, 0.717) is 12.1 Å². The highest BCUT2D eigenvalue weighted by molar-refractivity contribution is 4.78. The van der Waals surface area contributed by atoms with Crippen molar-refractivity contribution in [2.75, 3.05) is 32.7 Å². The maximum absolute atomic E-state index is 5.90. The molecule has 0 unspecified atom stereocenters. The summed E-state index contributed by atoms with van der Waals surface area (Å²) in [7, 11) is 0. The molecule has 0 saturated carbocycles. The summed E-state index contributed by atoms with van der Waals surface area (Å²) in [6.07, 6.45) is 4.30. The molecule has 1 aliphatic heterocycles. The fourth-order valence-electron chi connectivity index (χ4n) is 2.17. The molecule has 1 rings (SSSR count). The van der Waals surface area contributed by atoms with Crippen molar-refractivity contribution in [1.82, 2.24) is 9.80 Å². The maximum atomic E-state index is 5.90. The Bertz CT molecular complexity index is 195. The molecule has 2 N–H and O–H groups in total. The Hall–Kier alpha value is -0.380. The Morgan fingerprint density at radius 2 is 2.06 bits per heavy atom. The van der Waals surface area contributed by atoms with E-state index in [4.69, 9.17) is 5.73 Å². The first kappa shape index (κ1) is 13.7. The van der Waals surface area contributed by atoms with Gasteiger partial charge in [-0.25, -0.2) is 0 Å². The lowest BCUT2D eigenvalue weighted by atomic mass is 10.1. The Morgan fingerprint density at radius 1 is 1.44 bits per heavy atom. The number of piperidine rings is 1. The summed E-state index contributed by atoms with van der Waals surface area (Å²) in [6.45, 7) is 13.9. The quantitative estimate of drug-likeness (QED) is 0.692. The van der Waals surface area contributed by atoms with Crippen LogP contribution in [0.2, 0.25) is 0 Å². The molecule has 3 nitrogen and oxygen atoms in total. The summed E-state index contributed by atoms with van der Waals surface area (Å²) >= 11 is 0. The van der Waals surface area contributed by atoms with Gasteiger partial charge in [0.1, 0.15) is 0 Å². The van der Waals surface area contributed by atoms with Crippen LogP contribution in [-0.2, 0) is 0 Å². The minimum Gasteiger partial charge on any atom is -0.328 e. The highest BCUT2D eigenvalue weighted by atomic mass is 15.2. The van der Waals surface area contributed by atoms with Crippen LogP contribution in [0.5, 0.6) is 0 Å². The first-order valence-electron chi connectivity index (χ1n) is 6.46. The molecule has 94 valence electrons. The second kappa shape index (κ2) is 7.05. The maximum Gasteiger partial charge on any atom is 0.0163 e. The summed E-state index contributed by atoms with van der Waals surface area (Å²) in [4.78, 5) is 4.99. The van der Waals surface area contributed by atoms with E-state index in [-0.39, 0.29) is 0 Å². The highest BCUT2D eigenvalue weighted by Gasteiger charge is 2.16. The standard InChI is InChI=1S/C13H27N3/c1-4-7-16(12(2)3)11-10-15-8-5-13(14)6-9-15/h4,12-13H,1,5-11,14H2,2-3H3. The van der Waals surface area contributed by atoms with Crippen LogP contribution in [0.25, 0.3) is 0 Å². The monoisotopic (exact) mass is 225 g/mol. The minimum atomic E-state index is 0.436. The summed E-state index contributed by atoms with van der Waals surface area (Å²) in [5.41, 5.74) is 5.90. The van der Waals surface area contributed by atoms with Gasteiger partial charge in [-0.1, -0.05) is 6.08 Å². The van der Waals surface area contributed by atoms with Crippen molar-refractivity contribution >= 4 is 0 Å². The van der Waals surface area contributed by atoms with Crippen LogP contribution < -0.4 is 5.73 Å². The Kier molecular flexibility index (Phi) is 6.03. The van der Waals surface area contributed by atoms with Gasteiger partial charge in [-0.05, 0) is 39.8 Å². The molecule has 3 heteroatoms. The molecule has 0 amide bonds. The molecule has 0 aromatic rings. The van der Waals surface area contributed by atoms with Crippen molar-refractivity contribution < 1.29 is 0 Å². The normalized spacial score (nSPS) is 19.6. The van der Waals surface area contributed by atoms with Crippen LogP contribution in [0.4, 0.5) is 0 Å². The summed E-state index contributed by atoms with van der Waals surface area (Å²) in [6, 6.07) is 1.04. The minimum absolute atomic E-state index is 0.436. The van der Waals surface area contributed by atoms with Gasteiger partial charge in [-0.2, -0.15) is 0 Å². The molecule has 0 aromatic carbocycles. The van der Waals surface area contributed by atoms with Gasteiger partial charge in [-0.15, -0.1) is 6.58 Å². The van der Waals surface area contributed by atoms with Crippen LogP contribution >= 0.6 is 0 Å². The van der Waals surface area contributed by atoms with E-state index in [9.17, 15) is 0 Å². The van der Waals surface area contributed by atoms with E-state index < -0.39 is 0 Å². The molecular formula is C13H27N3. The fraction of sp³-hybridized carbons (Fsp3) is 0.846. The third-order valence-electron chi connectivity index (χ3n) is 3.43. The summed E-state index contributed by atoms with van der Waals surface area (Å²) in [5.74, 6) is 0. The predicted molar refractivity (Wildman–Crippen MR) is 70.6 cm³/mol. The molecule has 0 radical (unpaired) electrons. The van der Waals surface area contributed by atoms with Gasteiger partial charge < -0.3 is 10.6 Å². The zero-order chi connectivity index (χ0) is 12.0. The number of hydrogen-bond donors (Lipinski definition) is 1. The largest absolute Gasteiger partial charge is 0.328 e. The van der Waals surface area contributed by atoms with Gasteiger partial charge in [0.15, 0.2) is 0 Å². The molecule has 16 heavy (non-hydrogen) atoms. The first-order chi connectivity index (χ1) is 7.63. The second-order valence-corrected chi connectivity index (χ2v) is 5.06. The van der Waals surface area contributed by atoms with Crippen LogP contribution in [-0.4, -0.2) is 54.6 Å². The lowest BCUT2D eigenvalue weighted by Gasteiger charge is -2.33. The van der Waals surface area contributed by atoms with E-state index in [1.165, 1.54) is 19.6 Å². The lowest BCUT2D eigenvalue weighted by Crippen LogP contribution is -2.44. The van der Waals surface area contributed by atoms with Gasteiger partial charge in [0, 0.05) is 31.7 Å². The highest BCUT2D eigenvalue weighted by Crippen LogP contribution is 2.08. The van der Waals surface area contributed by atoms with Crippen molar-refractivity contribution in [2.24, 2.45) is 5.73 Å². The molecule has 0 spiro atoms. The van der Waals surface area contributed by atoms with Gasteiger partial charge in [0.05, 0.1) is 0 Å². The van der Waals surface area contributed by atoms with E-state index in [0.717, 1.165) is 25.9 Å². The van der Waals surface area contributed by atoms with Crippen molar-refractivity contribution in [1.29, 1.82) is 0 Å². The molecule has 0 atom stereocenters. The van der Waals surface area contributed by atoms with E-state index in [1.54, 1.807) is 0 Å². The predicted octanol–water partition coefficient (Wildman–Crippen LogP) is 1.31. The number of likely N-dealkylation sites (tertiary alicyclic amines) is 1. The first-order valence-corrected chi connectivity index (χ1v) is 6.46. The SMILES string of the molecule is C=CCN(CCN1CCC(N)CC1)C(C)C. The fourth-order valence-corrected chi connectivity index (χ4v) is 2.17. The smallest absolute Gasteiger partial charge is 0.0163 e. The van der Waals surface area contributed by atoms with Crippen LogP contribution in [0, 0.1) is 0 Å². The molecule has 1 saturated heterocycles. The number of hydrogen-bond acceptors (Lipinski definition) is 3. The summed E-state index contributed by atoms with van der Waals surface area (Å²) < 4.78 is 0. The molecule has 0 aromatic heterocycles. The molecular weight excluding hydrogens is 198 g/mol. The average molecular weight is 225 g/mol. The number of nitrogens with zero attached hydrogens (tertiary/aromatic N) is 2. The van der Waals surface area contributed by atoms with Gasteiger partial charge in [0.25, 0.3) is 0 Å². The van der Waals surface area contributed by atoms with Crippen molar-refractivity contribution in [2.45, 2.75) is 38.8 Å². The van der Waals surface area contributed by atoms with E-state index in [2.05, 4.69) is 30.2 Å². The van der Waals surface area contributed by atoms with Gasteiger partial charge >= 0.3 is 0 Å². The van der Waals surface area contributed by atoms with Gasteiger partial charge in [0.2, 0.25) is 0 Å². The molecule has 1 fully saturated rings. The van der Waals surface area contributed by atoms with E-state index >= 15 is 0 Å². The molecule has 1 aliphatic rings. The molecule has 1 heterocycles. The molecule has 0 aliphatic carbocycles. The summed E-state index contributed by atoms with van der Waals surface area (Å²) in [5, 5.41) is 0. The van der Waals surface area contributed by atoms with Crippen molar-refractivity contribution in [3.05, 3.63) is 12.7 Å². The van der Waals surface area contributed by atoms with Gasteiger partial charge in [-0.3, -0.25) is 4.90 Å². The van der Waals surface area contributed by atoms with Crippen LogP contribution in [0.3, 0.4) is 0 Å². The zero-order valence-corrected chi connectivity index (χ0v) is 10.9. The lowest BCUT2D eigenvalue weighted by molar-refractivity contribution is 0.164. The molecule has 0 bridgehead atoms. The van der Waals surface area contributed by atoms with E-state index in [1.807, 2.05) is 6.08 Å². The third-order valence-corrected chi connectivity index (χ3v) is 3.43. The van der Waals surface area contributed by atoms with Crippen LogP contribution in [0.15, 0.2) is 12.7 Å². The topological polar surface area (TPSA) is 32.5 Å². The van der Waals surface area contributed by atoms with Crippen molar-refractivity contribution in [3.63, 3.8) is 0 Å². The zero-order valence-electron chi connectivity index (χ0n) is 10.9. The number of nitrogens with two attached hydrogens (primary N) is 1. The van der Waals surface area contributed by atoms with Crippen molar-refractivity contribution in [3.8, 4) is 0 Å². The van der Waals surface area contributed by atoms with Crippen LogP contribution in [0.1, 0.15) is 26.7 Å². The number of rotatable bonds is 6. The average Bonchev–Trinajstić information content (AvgIpc) is 2.26.